The summed E-state index contributed by atoms with van der Waals surface area (Å²) in [5, 5.41) is 9.82. The molecule has 0 spiro atoms. The molecule has 1 fully saturated rings. The highest BCUT2D eigenvalue weighted by molar-refractivity contribution is 6.03. The minimum Gasteiger partial charge on any atom is -0.357 e. The van der Waals surface area contributed by atoms with E-state index in [4.69, 9.17) is 0 Å². The van der Waals surface area contributed by atoms with Gasteiger partial charge in [-0.3, -0.25) is 0 Å². The number of hydrogen-bond donors (Lipinski definition) is 2. The zero-order chi connectivity index (χ0) is 11.9. The van der Waals surface area contributed by atoms with Crippen molar-refractivity contribution in [2.75, 3.05) is 11.9 Å². The average molecular weight is 236 g/mol. The molecule has 2 aliphatic heterocycles. The lowest BCUT2D eigenvalue weighted by atomic mass is 9.97. The predicted molar refractivity (Wildman–Crippen MR) is 76.6 cm³/mol. The summed E-state index contributed by atoms with van der Waals surface area (Å²) in [6, 6.07) is 13.5. The first-order valence-electron chi connectivity index (χ1n) is 6.65. The monoisotopic (exact) mass is 236 g/mol. The van der Waals surface area contributed by atoms with Gasteiger partial charge in [-0.05, 0) is 42.5 Å². The second kappa shape index (κ2) is 3.85. The van der Waals surface area contributed by atoms with Crippen LogP contribution in [-0.4, -0.2) is 12.6 Å². The SMILES string of the molecule is C1=C(C2CCCN2)Nc2cccc3cccc1c23. The number of nitrogens with one attached hydrogen (secondary N) is 2. The van der Waals surface area contributed by atoms with Gasteiger partial charge >= 0.3 is 0 Å². The molecule has 2 aromatic rings. The molecular formula is C16H16N2. The highest BCUT2D eigenvalue weighted by Gasteiger charge is 2.22. The Morgan fingerprint density at radius 2 is 1.94 bits per heavy atom. The van der Waals surface area contributed by atoms with E-state index >= 15 is 0 Å². The average Bonchev–Trinajstić information content (AvgIpc) is 2.93. The van der Waals surface area contributed by atoms with Gasteiger partial charge in [-0.1, -0.05) is 30.3 Å². The third-order valence-electron chi connectivity index (χ3n) is 3.96. The van der Waals surface area contributed by atoms with Crippen molar-refractivity contribution in [2.24, 2.45) is 0 Å². The van der Waals surface area contributed by atoms with Gasteiger partial charge in [0.2, 0.25) is 0 Å². The normalized spacial score (nSPS) is 21.8. The van der Waals surface area contributed by atoms with Crippen LogP contribution < -0.4 is 10.6 Å². The molecule has 1 atom stereocenters. The molecule has 90 valence electrons. The standard InChI is InChI=1S/C16H16N2/c1-4-11-5-2-7-14-16(11)12(6-1)10-15(18-14)13-8-3-9-17-13/h1-2,4-7,10,13,17-18H,3,8-9H2. The number of anilines is 1. The molecule has 2 N–H and O–H groups in total. The van der Waals surface area contributed by atoms with E-state index in [9.17, 15) is 0 Å². The number of rotatable bonds is 1. The first-order chi connectivity index (χ1) is 8.92. The quantitative estimate of drug-likeness (QED) is 0.793. The van der Waals surface area contributed by atoms with Crippen LogP contribution in [0.2, 0.25) is 0 Å². The van der Waals surface area contributed by atoms with Crippen LogP contribution in [0.25, 0.3) is 16.8 Å². The van der Waals surface area contributed by atoms with Crippen molar-refractivity contribution in [2.45, 2.75) is 18.9 Å². The van der Waals surface area contributed by atoms with Gasteiger partial charge < -0.3 is 10.6 Å². The minimum absolute atomic E-state index is 0.494. The van der Waals surface area contributed by atoms with Crippen molar-refractivity contribution >= 4 is 22.5 Å². The van der Waals surface area contributed by atoms with Gasteiger partial charge in [0.15, 0.2) is 0 Å². The van der Waals surface area contributed by atoms with Crippen LogP contribution in [-0.2, 0) is 0 Å². The number of benzene rings is 2. The van der Waals surface area contributed by atoms with Crippen LogP contribution in [0, 0.1) is 0 Å². The summed E-state index contributed by atoms with van der Waals surface area (Å²) in [6.45, 7) is 1.13. The lowest BCUT2D eigenvalue weighted by Gasteiger charge is -2.24. The Hall–Kier alpha value is -1.80. The highest BCUT2D eigenvalue weighted by Crippen LogP contribution is 2.34. The highest BCUT2D eigenvalue weighted by atomic mass is 15.0. The van der Waals surface area contributed by atoms with Crippen molar-refractivity contribution in [1.82, 2.24) is 5.32 Å². The Morgan fingerprint density at radius 1 is 1.06 bits per heavy atom. The molecule has 4 rings (SSSR count). The summed E-state index contributed by atoms with van der Waals surface area (Å²) >= 11 is 0. The van der Waals surface area contributed by atoms with E-state index < -0.39 is 0 Å². The molecule has 0 amide bonds. The first-order valence-corrected chi connectivity index (χ1v) is 6.65. The van der Waals surface area contributed by atoms with Crippen LogP contribution in [0.5, 0.6) is 0 Å². The molecule has 2 aromatic carbocycles. The third kappa shape index (κ3) is 1.46. The van der Waals surface area contributed by atoms with Gasteiger partial charge in [0.1, 0.15) is 0 Å². The molecule has 0 aliphatic carbocycles. The van der Waals surface area contributed by atoms with E-state index in [-0.39, 0.29) is 0 Å². The molecule has 0 saturated carbocycles. The van der Waals surface area contributed by atoms with Crippen molar-refractivity contribution in [3.8, 4) is 0 Å². The summed E-state index contributed by atoms with van der Waals surface area (Å²) < 4.78 is 0. The summed E-state index contributed by atoms with van der Waals surface area (Å²) in [5.41, 5.74) is 3.90. The van der Waals surface area contributed by atoms with Crippen molar-refractivity contribution in [1.29, 1.82) is 0 Å². The predicted octanol–water partition coefficient (Wildman–Crippen LogP) is 3.36. The zero-order valence-corrected chi connectivity index (χ0v) is 10.2. The molecule has 2 heterocycles. The van der Waals surface area contributed by atoms with Crippen LogP contribution in [0.1, 0.15) is 18.4 Å². The van der Waals surface area contributed by atoms with Gasteiger partial charge in [-0.15, -0.1) is 0 Å². The third-order valence-corrected chi connectivity index (χ3v) is 3.96. The van der Waals surface area contributed by atoms with E-state index in [1.807, 2.05) is 0 Å². The van der Waals surface area contributed by atoms with Crippen LogP contribution in [0.3, 0.4) is 0 Å². The molecule has 0 bridgehead atoms. The van der Waals surface area contributed by atoms with Crippen LogP contribution >= 0.6 is 0 Å². The Balaban J connectivity index is 1.88. The summed E-state index contributed by atoms with van der Waals surface area (Å²) in [7, 11) is 0. The fourth-order valence-corrected chi connectivity index (χ4v) is 3.09. The van der Waals surface area contributed by atoms with Crippen LogP contribution in [0.4, 0.5) is 5.69 Å². The molecule has 2 nitrogen and oxygen atoms in total. The first kappa shape index (κ1) is 10.2. The van der Waals surface area contributed by atoms with E-state index in [2.05, 4.69) is 53.1 Å². The van der Waals surface area contributed by atoms with Crippen molar-refractivity contribution in [3.05, 3.63) is 47.7 Å². The van der Waals surface area contributed by atoms with Gasteiger partial charge in [0.25, 0.3) is 0 Å². The van der Waals surface area contributed by atoms with Gasteiger partial charge in [0, 0.05) is 22.8 Å². The lowest BCUT2D eigenvalue weighted by molar-refractivity contribution is 0.696. The molecule has 0 aromatic heterocycles. The second-order valence-electron chi connectivity index (χ2n) is 5.12. The van der Waals surface area contributed by atoms with Crippen molar-refractivity contribution < 1.29 is 0 Å². The Labute approximate surface area is 107 Å². The Morgan fingerprint density at radius 3 is 2.78 bits per heavy atom. The summed E-state index contributed by atoms with van der Waals surface area (Å²) in [5.74, 6) is 0. The van der Waals surface area contributed by atoms with E-state index in [0.29, 0.717) is 6.04 Å². The maximum absolute atomic E-state index is 3.60. The van der Waals surface area contributed by atoms with Crippen LogP contribution in [0.15, 0.2) is 42.1 Å². The maximum Gasteiger partial charge on any atom is 0.0473 e. The molecule has 1 unspecified atom stereocenters. The molecule has 2 aliphatic rings. The fraction of sp³-hybridized carbons (Fsp3) is 0.250. The van der Waals surface area contributed by atoms with Gasteiger partial charge in [-0.2, -0.15) is 0 Å². The van der Waals surface area contributed by atoms with Crippen molar-refractivity contribution in [3.63, 3.8) is 0 Å². The second-order valence-corrected chi connectivity index (χ2v) is 5.12. The summed E-state index contributed by atoms with van der Waals surface area (Å²) in [4.78, 5) is 0. The molecule has 0 radical (unpaired) electrons. The molecule has 1 saturated heterocycles. The largest absolute Gasteiger partial charge is 0.357 e. The topological polar surface area (TPSA) is 24.1 Å². The lowest BCUT2D eigenvalue weighted by Crippen LogP contribution is -2.28. The van der Waals surface area contributed by atoms with E-state index in [1.54, 1.807) is 0 Å². The van der Waals surface area contributed by atoms with E-state index in [0.717, 1.165) is 6.54 Å². The molecular weight excluding hydrogens is 220 g/mol. The maximum atomic E-state index is 3.60. The smallest absolute Gasteiger partial charge is 0.0473 e. The van der Waals surface area contributed by atoms with E-state index in [1.165, 1.54) is 40.6 Å². The zero-order valence-electron chi connectivity index (χ0n) is 10.2. The summed E-state index contributed by atoms with van der Waals surface area (Å²) in [6.07, 6.45) is 4.81. The molecule has 2 heteroatoms. The molecule has 18 heavy (non-hydrogen) atoms. The Kier molecular flexibility index (Phi) is 2.17. The van der Waals surface area contributed by atoms with Gasteiger partial charge in [-0.25, -0.2) is 0 Å². The minimum atomic E-state index is 0.494. The Bertz CT molecular complexity index is 631. The van der Waals surface area contributed by atoms with Gasteiger partial charge in [0.05, 0.1) is 0 Å². The number of hydrogen-bond acceptors (Lipinski definition) is 2. The fourth-order valence-electron chi connectivity index (χ4n) is 3.09.